The molecule has 1 aromatic rings. The molecule has 78 valence electrons. The first-order valence-corrected chi connectivity index (χ1v) is 5.04. The van der Waals surface area contributed by atoms with Crippen molar-refractivity contribution in [2.75, 3.05) is 5.43 Å². The minimum atomic E-state index is -4.52. The Morgan fingerprint density at radius 2 is 1.93 bits per heavy atom. The Bertz CT molecular complexity index is 381. The van der Waals surface area contributed by atoms with Gasteiger partial charge in [-0.25, -0.2) is 13.3 Å². The molecule has 0 saturated heterocycles. The van der Waals surface area contributed by atoms with Gasteiger partial charge < -0.3 is 15.2 Å². The van der Waals surface area contributed by atoms with Crippen LogP contribution in [0, 0.1) is 11.6 Å². The lowest BCUT2D eigenvalue weighted by atomic mass is 10.3. The molecule has 0 heterocycles. The molecule has 0 aliphatic carbocycles. The van der Waals surface area contributed by atoms with Crippen molar-refractivity contribution in [2.45, 2.75) is 0 Å². The maximum absolute atomic E-state index is 12.8. The van der Waals surface area contributed by atoms with E-state index >= 15 is 0 Å². The summed E-state index contributed by atoms with van der Waals surface area (Å²) in [5.74, 6) is -2.32. The number of anilines is 1. The largest absolute Gasteiger partial charge is 0.417 e. The second-order valence-corrected chi connectivity index (χ2v) is 3.69. The number of nitrogens with one attached hydrogen (secondary N) is 2. The molecule has 0 aliphatic rings. The standard InChI is InChI=1S/C6H7F2N2O3P/c7-4-2-1-3-5(6(4)8)9-10-14(11,12)13/h1-3,9H,(H3,10,11,12,13). The van der Waals surface area contributed by atoms with Crippen LogP contribution in [0.15, 0.2) is 18.2 Å². The van der Waals surface area contributed by atoms with Gasteiger partial charge in [-0.2, -0.15) is 0 Å². The van der Waals surface area contributed by atoms with E-state index in [-0.39, 0.29) is 5.69 Å². The molecular formula is C6H7F2N2O3P. The van der Waals surface area contributed by atoms with Gasteiger partial charge >= 0.3 is 7.75 Å². The fourth-order valence-corrected chi connectivity index (χ4v) is 0.999. The third-order valence-electron chi connectivity index (χ3n) is 1.29. The predicted octanol–water partition coefficient (Wildman–Crippen LogP) is 0.974. The minimum absolute atomic E-state index is 0.381. The molecule has 0 unspecified atom stereocenters. The maximum atomic E-state index is 12.8. The second-order valence-electron chi connectivity index (χ2n) is 2.38. The van der Waals surface area contributed by atoms with Crippen LogP contribution in [0.3, 0.4) is 0 Å². The van der Waals surface area contributed by atoms with Crippen molar-refractivity contribution >= 4 is 13.4 Å². The van der Waals surface area contributed by atoms with Gasteiger partial charge in [0.05, 0.1) is 5.69 Å². The molecule has 0 fully saturated rings. The highest BCUT2D eigenvalue weighted by Crippen LogP contribution is 2.28. The van der Waals surface area contributed by atoms with Gasteiger partial charge in [-0.1, -0.05) is 6.07 Å². The fourth-order valence-electron chi connectivity index (χ4n) is 0.733. The molecule has 0 aromatic heterocycles. The van der Waals surface area contributed by atoms with Crippen molar-refractivity contribution in [2.24, 2.45) is 0 Å². The van der Waals surface area contributed by atoms with Crippen molar-refractivity contribution in [1.29, 1.82) is 0 Å². The molecule has 5 nitrogen and oxygen atoms in total. The predicted molar refractivity (Wildman–Crippen MR) is 45.2 cm³/mol. The van der Waals surface area contributed by atoms with Crippen molar-refractivity contribution in [3.05, 3.63) is 29.8 Å². The van der Waals surface area contributed by atoms with Crippen LogP contribution in [-0.2, 0) is 4.57 Å². The molecule has 0 atom stereocenters. The third-order valence-corrected chi connectivity index (χ3v) is 1.69. The van der Waals surface area contributed by atoms with Crippen LogP contribution in [0.5, 0.6) is 0 Å². The van der Waals surface area contributed by atoms with Crippen LogP contribution < -0.4 is 10.6 Å². The molecule has 0 aliphatic heterocycles. The lowest BCUT2D eigenvalue weighted by Gasteiger charge is -2.09. The number of hydrogen-bond donors (Lipinski definition) is 4. The molecule has 0 bridgehead atoms. The van der Waals surface area contributed by atoms with Gasteiger partial charge in [0.15, 0.2) is 11.6 Å². The van der Waals surface area contributed by atoms with E-state index in [0.29, 0.717) is 0 Å². The minimum Gasteiger partial charge on any atom is -0.311 e. The lowest BCUT2D eigenvalue weighted by Crippen LogP contribution is -2.18. The molecule has 1 rings (SSSR count). The first-order chi connectivity index (χ1) is 6.40. The van der Waals surface area contributed by atoms with E-state index in [1.165, 1.54) is 11.3 Å². The zero-order chi connectivity index (χ0) is 10.8. The summed E-state index contributed by atoms with van der Waals surface area (Å²) < 4.78 is 35.7. The molecule has 4 N–H and O–H groups in total. The first kappa shape index (κ1) is 11.1. The van der Waals surface area contributed by atoms with Gasteiger partial charge in [0, 0.05) is 0 Å². The Hall–Kier alpha value is -1.01. The van der Waals surface area contributed by atoms with Crippen LogP contribution in [0.25, 0.3) is 0 Å². The zero-order valence-electron chi connectivity index (χ0n) is 6.74. The number of halogens is 2. The normalized spacial score (nSPS) is 11.4. The Balaban J connectivity index is 2.78. The van der Waals surface area contributed by atoms with E-state index in [1.54, 1.807) is 0 Å². The average molecular weight is 224 g/mol. The molecule has 8 heteroatoms. The summed E-state index contributed by atoms with van der Waals surface area (Å²) in [6.07, 6.45) is 0. The van der Waals surface area contributed by atoms with E-state index in [1.807, 2.05) is 5.43 Å². The quantitative estimate of drug-likeness (QED) is 0.454. The van der Waals surface area contributed by atoms with E-state index in [2.05, 4.69) is 0 Å². The summed E-state index contributed by atoms with van der Waals surface area (Å²) in [4.78, 5) is 16.7. The van der Waals surface area contributed by atoms with Crippen LogP contribution in [0.4, 0.5) is 14.5 Å². The zero-order valence-corrected chi connectivity index (χ0v) is 7.63. The fraction of sp³-hybridized carbons (Fsp3) is 0. The van der Waals surface area contributed by atoms with E-state index in [0.717, 1.165) is 12.1 Å². The van der Waals surface area contributed by atoms with Crippen molar-refractivity contribution in [1.82, 2.24) is 5.20 Å². The number of rotatable bonds is 3. The van der Waals surface area contributed by atoms with E-state index < -0.39 is 19.4 Å². The molecule has 14 heavy (non-hydrogen) atoms. The van der Waals surface area contributed by atoms with Crippen molar-refractivity contribution < 1.29 is 23.1 Å². The number of benzene rings is 1. The Labute approximate surface area is 77.9 Å². The molecule has 0 radical (unpaired) electrons. The third kappa shape index (κ3) is 3.04. The maximum Gasteiger partial charge on any atom is 0.417 e. The Morgan fingerprint density at radius 3 is 2.50 bits per heavy atom. The SMILES string of the molecule is O=P(O)(O)NNc1cccc(F)c1F. The number of hydrogen-bond acceptors (Lipinski definition) is 2. The first-order valence-electron chi connectivity index (χ1n) is 3.43. The lowest BCUT2D eigenvalue weighted by molar-refractivity contribution is 0.362. The van der Waals surface area contributed by atoms with Crippen molar-refractivity contribution in [3.63, 3.8) is 0 Å². The molecule has 0 spiro atoms. The topological polar surface area (TPSA) is 81.6 Å². The molecule has 0 amide bonds. The van der Waals surface area contributed by atoms with Gasteiger partial charge in [-0.15, -0.1) is 5.20 Å². The van der Waals surface area contributed by atoms with Crippen LogP contribution in [0.1, 0.15) is 0 Å². The summed E-state index contributed by atoms with van der Waals surface area (Å²) in [5, 5.41) is 1.52. The van der Waals surface area contributed by atoms with Crippen LogP contribution in [-0.4, -0.2) is 9.79 Å². The Morgan fingerprint density at radius 1 is 1.29 bits per heavy atom. The van der Waals surface area contributed by atoms with Gasteiger partial charge in [0.1, 0.15) is 0 Å². The van der Waals surface area contributed by atoms with Gasteiger partial charge in [0.25, 0.3) is 0 Å². The summed E-state index contributed by atoms with van der Waals surface area (Å²) in [6, 6.07) is 3.21. The monoisotopic (exact) mass is 224 g/mol. The molecule has 0 saturated carbocycles. The van der Waals surface area contributed by atoms with Gasteiger partial charge in [0.2, 0.25) is 0 Å². The number of hydrazine groups is 1. The molecule has 1 aromatic carbocycles. The van der Waals surface area contributed by atoms with Gasteiger partial charge in [-0.3, -0.25) is 0 Å². The smallest absolute Gasteiger partial charge is 0.311 e. The summed E-state index contributed by atoms with van der Waals surface area (Å²) in [6.45, 7) is 0. The molecular weight excluding hydrogens is 217 g/mol. The van der Waals surface area contributed by atoms with E-state index in [4.69, 9.17) is 9.79 Å². The van der Waals surface area contributed by atoms with Gasteiger partial charge in [-0.05, 0) is 12.1 Å². The Kier molecular flexibility index (Phi) is 3.17. The summed E-state index contributed by atoms with van der Waals surface area (Å²) >= 11 is 0. The van der Waals surface area contributed by atoms with E-state index in [9.17, 15) is 13.3 Å². The van der Waals surface area contributed by atoms with Crippen molar-refractivity contribution in [3.8, 4) is 0 Å². The second kappa shape index (κ2) is 4.02. The summed E-state index contributed by atoms with van der Waals surface area (Å²) in [7, 11) is -4.52. The summed E-state index contributed by atoms with van der Waals surface area (Å²) in [5.41, 5.74) is 1.48. The average Bonchev–Trinajstić information content (AvgIpc) is 2.06. The van der Waals surface area contributed by atoms with Crippen LogP contribution in [0.2, 0.25) is 0 Å². The van der Waals surface area contributed by atoms with Crippen LogP contribution >= 0.6 is 7.75 Å². The highest BCUT2D eigenvalue weighted by molar-refractivity contribution is 7.49. The highest BCUT2D eigenvalue weighted by Gasteiger charge is 2.13. The highest BCUT2D eigenvalue weighted by atomic mass is 31.2.